The van der Waals surface area contributed by atoms with Gasteiger partial charge in [-0.05, 0) is 108 Å². The second-order valence-electron chi connectivity index (χ2n) is 14.9. The first-order valence-electron chi connectivity index (χ1n) is 16.7. The summed E-state index contributed by atoms with van der Waals surface area (Å²) in [6.45, 7) is 33.1. The summed E-state index contributed by atoms with van der Waals surface area (Å²) in [5.74, 6) is 9.35. The number of hydrogen-bond acceptors (Lipinski definition) is 8. The van der Waals surface area contributed by atoms with Gasteiger partial charge in [-0.15, -0.1) is 0 Å². The van der Waals surface area contributed by atoms with Crippen molar-refractivity contribution in [2.24, 2.45) is 59.2 Å². The van der Waals surface area contributed by atoms with E-state index in [4.69, 9.17) is 25.5 Å². The molecule has 0 aromatic carbocycles. The van der Waals surface area contributed by atoms with Crippen molar-refractivity contribution in [1.82, 2.24) is 9.80 Å². The summed E-state index contributed by atoms with van der Waals surface area (Å²) in [5.41, 5.74) is -1.21. The van der Waals surface area contributed by atoms with Crippen LogP contribution in [-0.4, -0.2) is 120 Å². The van der Waals surface area contributed by atoms with Crippen molar-refractivity contribution in [2.45, 2.75) is 108 Å². The minimum atomic E-state index is -0.663. The van der Waals surface area contributed by atoms with Gasteiger partial charge >= 0.3 is 0 Å². The van der Waals surface area contributed by atoms with E-state index >= 15 is 0 Å². The summed E-state index contributed by atoms with van der Waals surface area (Å²) in [5, 5.41) is 47.9. The van der Waals surface area contributed by atoms with Crippen LogP contribution in [0.15, 0.2) is 0 Å². The quantitative estimate of drug-likeness (QED) is 0.142. The summed E-state index contributed by atoms with van der Waals surface area (Å²) in [6.07, 6.45) is 0. The van der Waals surface area contributed by atoms with Crippen LogP contribution < -0.4 is 0 Å². The van der Waals surface area contributed by atoms with Crippen molar-refractivity contribution in [3.63, 3.8) is 0 Å². The van der Waals surface area contributed by atoms with Gasteiger partial charge in [0, 0.05) is 84.4 Å². The van der Waals surface area contributed by atoms with Crippen molar-refractivity contribution in [3.8, 4) is 0 Å². The summed E-state index contributed by atoms with van der Waals surface area (Å²) in [6, 6.07) is 0. The Labute approximate surface area is 333 Å². The van der Waals surface area contributed by atoms with Crippen LogP contribution in [0.1, 0.15) is 96.9 Å². The molecule has 298 valence electrons. The number of rotatable bonds is 6. The summed E-state index contributed by atoms with van der Waals surface area (Å²) in [7, 11) is 8.75. The van der Waals surface area contributed by atoms with Crippen molar-refractivity contribution < 1.29 is 74.1 Å². The molecule has 0 bridgehead atoms. The molecule has 0 amide bonds. The third-order valence-electron chi connectivity index (χ3n) is 10.1. The van der Waals surface area contributed by atoms with Gasteiger partial charge in [0.2, 0.25) is 0 Å². The normalized spacial score (nSPS) is 28.2. The number of likely N-dealkylation sites (N-methyl/N-ethyl adjacent to an activating group) is 2. The Bertz CT molecular complexity index is 501. The second kappa shape index (κ2) is 37.9. The Balaban J connectivity index is -0.0000000559. The molecule has 0 heterocycles. The van der Waals surface area contributed by atoms with Gasteiger partial charge < -0.3 is 55.3 Å². The average molecular weight is 767 g/mol. The van der Waals surface area contributed by atoms with E-state index in [2.05, 4.69) is 69.2 Å². The van der Waals surface area contributed by atoms with Crippen molar-refractivity contribution in [3.05, 3.63) is 14.9 Å². The number of aliphatic hydroxyl groups excluding tert-OH is 4. The Hall–Kier alpha value is 1.11. The molecule has 0 unspecified atom stereocenters. The van der Waals surface area contributed by atoms with E-state index in [0.717, 1.165) is 80.5 Å². The van der Waals surface area contributed by atoms with Gasteiger partial charge in [0.05, 0.1) is 17.8 Å². The molecule has 0 radical (unpaired) electrons. The molecule has 0 aliphatic heterocycles. The zero-order valence-corrected chi connectivity index (χ0v) is 39.3. The van der Waals surface area contributed by atoms with Crippen LogP contribution in [0.25, 0.3) is 0 Å². The van der Waals surface area contributed by atoms with Gasteiger partial charge in [0.25, 0.3) is 0 Å². The van der Waals surface area contributed by atoms with Gasteiger partial charge in [-0.2, -0.15) is 0 Å². The Morgan fingerprint density at radius 1 is 0.438 bits per heavy atom. The minimum Gasteiger partial charge on any atom is -0.400 e. The van der Waals surface area contributed by atoms with Crippen molar-refractivity contribution in [1.29, 1.82) is 0 Å². The molecule has 2 aliphatic rings. The molecular formula is C38H90N2O6Ti2-2. The van der Waals surface area contributed by atoms with E-state index in [0.29, 0.717) is 19.6 Å². The standard InChI is InChI=1S/2C10H20.C7H17NO2.C6H15NO.3CH4O.2CH3.2Ti/c2*1-6-7(2)9(4)10(5)8(6)3;1-7(2,10)6-8(3)4-5-9;1-6(2,8)5-7(3)4;3*1-2;;;;/h2*6-10H,1-5H3;9-10H,4-6H2,1-3H3;8H,5H2,1-4H3;3*2H,1H3;2*1H3;;/q;;;;;;;2*-1;;. The first-order valence-corrected chi connectivity index (χ1v) is 16.7. The van der Waals surface area contributed by atoms with Gasteiger partial charge in [-0.1, -0.05) is 69.2 Å². The molecule has 0 aromatic heterocycles. The summed E-state index contributed by atoms with van der Waals surface area (Å²) in [4.78, 5) is 3.85. The fourth-order valence-electron chi connectivity index (χ4n) is 6.47. The summed E-state index contributed by atoms with van der Waals surface area (Å²) >= 11 is 0. The molecule has 2 rings (SSSR count). The predicted octanol–water partition coefficient (Wildman–Crippen LogP) is 6.08. The third kappa shape index (κ3) is 34.2. The molecule has 48 heavy (non-hydrogen) atoms. The topological polar surface area (TPSA) is 128 Å². The molecule has 0 saturated heterocycles. The van der Waals surface area contributed by atoms with E-state index in [-0.39, 0.29) is 64.9 Å². The monoisotopic (exact) mass is 767 g/mol. The minimum absolute atomic E-state index is 0. The number of hydrogen-bond donors (Lipinski definition) is 6. The SMILES string of the molecule is CC1C(C)C(C)C(C)C1C.CC1C(C)C(C)C(C)C1C.CN(C)CC(C)(C)O.CN(CCO)CC(C)(C)O.CO.CO.CO.[CH3-].[CH3-].[Ti].[Ti]. The van der Waals surface area contributed by atoms with Crippen LogP contribution in [0.4, 0.5) is 0 Å². The molecule has 2 aliphatic carbocycles. The first-order chi connectivity index (χ1) is 20.0. The molecule has 2 saturated carbocycles. The van der Waals surface area contributed by atoms with Crippen LogP contribution >= 0.6 is 0 Å². The fraction of sp³-hybridized carbons (Fsp3) is 0.947. The zero-order chi connectivity index (χ0) is 36.8. The summed E-state index contributed by atoms with van der Waals surface area (Å²) < 4.78 is 0. The van der Waals surface area contributed by atoms with Gasteiger partial charge in [-0.3, -0.25) is 0 Å². The van der Waals surface area contributed by atoms with E-state index in [1.54, 1.807) is 27.7 Å². The molecule has 2 fully saturated rings. The molecular weight excluding hydrogens is 676 g/mol. The second-order valence-corrected chi connectivity index (χ2v) is 14.9. The first kappa shape index (κ1) is 70.7. The Morgan fingerprint density at radius 3 is 0.688 bits per heavy atom. The smallest absolute Gasteiger partial charge is 0.0718 e. The largest absolute Gasteiger partial charge is 0.400 e. The van der Waals surface area contributed by atoms with E-state index in [1.807, 2.05) is 30.9 Å². The van der Waals surface area contributed by atoms with Gasteiger partial charge in [0.15, 0.2) is 0 Å². The molecule has 8 nitrogen and oxygen atoms in total. The van der Waals surface area contributed by atoms with Crippen molar-refractivity contribution in [2.75, 3.05) is 68.7 Å². The van der Waals surface area contributed by atoms with Crippen LogP contribution in [-0.2, 0) is 43.4 Å². The molecule has 0 spiro atoms. The van der Waals surface area contributed by atoms with Gasteiger partial charge in [-0.25, -0.2) is 0 Å². The molecule has 0 aromatic rings. The maximum atomic E-state index is 9.29. The average Bonchev–Trinajstić information content (AvgIpc) is 3.20. The predicted molar refractivity (Wildman–Crippen MR) is 205 cm³/mol. The van der Waals surface area contributed by atoms with E-state index < -0.39 is 11.2 Å². The maximum Gasteiger partial charge on any atom is 0.0718 e. The van der Waals surface area contributed by atoms with Crippen LogP contribution in [0.2, 0.25) is 0 Å². The van der Waals surface area contributed by atoms with Crippen LogP contribution in [0.5, 0.6) is 0 Å². The zero-order valence-electron chi connectivity index (χ0n) is 36.2. The Kier molecular flexibility index (Phi) is 55.7. The molecule has 0 atom stereocenters. The van der Waals surface area contributed by atoms with Gasteiger partial charge in [0.1, 0.15) is 0 Å². The number of nitrogens with zero attached hydrogens (tertiary/aromatic N) is 2. The van der Waals surface area contributed by atoms with E-state index in [1.165, 1.54) is 0 Å². The van der Waals surface area contributed by atoms with Crippen molar-refractivity contribution >= 4 is 0 Å². The van der Waals surface area contributed by atoms with E-state index in [9.17, 15) is 5.11 Å². The maximum absolute atomic E-state index is 9.29. The number of aliphatic hydroxyl groups is 6. The van der Waals surface area contributed by atoms with Crippen LogP contribution in [0.3, 0.4) is 0 Å². The molecule has 6 N–H and O–H groups in total. The molecule has 10 heteroatoms. The third-order valence-corrected chi connectivity index (χ3v) is 10.1. The fourth-order valence-corrected chi connectivity index (χ4v) is 6.47. The van der Waals surface area contributed by atoms with Crippen LogP contribution in [0, 0.1) is 74.0 Å². The Morgan fingerprint density at radius 2 is 0.604 bits per heavy atom.